The fourth-order valence-electron chi connectivity index (χ4n) is 1.88. The monoisotopic (exact) mass is 196 g/mol. The highest BCUT2D eigenvalue weighted by Gasteiger charge is 2.40. The zero-order chi connectivity index (χ0) is 9.26. The minimum atomic E-state index is 0.532. The average Bonchev–Trinajstić information content (AvgIpc) is 2.77. The van der Waals surface area contributed by atoms with E-state index in [-0.39, 0.29) is 0 Å². The van der Waals surface area contributed by atoms with Crippen molar-refractivity contribution in [1.82, 2.24) is 0 Å². The standard InChI is InChI=1S/C11H16OS/c1-3-10-11(12-10)8(2)6-9-4-5-13-7-9/h4-5,7-8,10-11H,3,6H2,1-2H3. The highest BCUT2D eigenvalue weighted by Crippen LogP contribution is 2.33. The molecule has 0 saturated carbocycles. The third-order valence-corrected chi connectivity index (χ3v) is 3.45. The van der Waals surface area contributed by atoms with Crippen molar-refractivity contribution in [3.63, 3.8) is 0 Å². The molecule has 0 bridgehead atoms. The second kappa shape index (κ2) is 3.81. The van der Waals surface area contributed by atoms with Gasteiger partial charge in [0.05, 0.1) is 12.2 Å². The summed E-state index contributed by atoms with van der Waals surface area (Å²) < 4.78 is 5.58. The number of hydrogen-bond acceptors (Lipinski definition) is 2. The number of rotatable bonds is 4. The molecule has 0 radical (unpaired) electrons. The molecule has 3 atom stereocenters. The van der Waals surface area contributed by atoms with E-state index in [1.165, 1.54) is 18.4 Å². The Labute approximate surface area is 83.7 Å². The van der Waals surface area contributed by atoms with E-state index in [2.05, 4.69) is 30.7 Å². The largest absolute Gasteiger partial charge is 0.369 e. The molecular weight excluding hydrogens is 180 g/mol. The van der Waals surface area contributed by atoms with Gasteiger partial charge < -0.3 is 4.74 Å². The van der Waals surface area contributed by atoms with E-state index >= 15 is 0 Å². The summed E-state index contributed by atoms with van der Waals surface area (Å²) in [6.45, 7) is 4.49. The van der Waals surface area contributed by atoms with Crippen molar-refractivity contribution in [2.75, 3.05) is 0 Å². The maximum Gasteiger partial charge on any atom is 0.0870 e. The summed E-state index contributed by atoms with van der Waals surface area (Å²) in [6, 6.07) is 2.21. The Morgan fingerprint density at radius 2 is 2.46 bits per heavy atom. The van der Waals surface area contributed by atoms with Gasteiger partial charge in [0.25, 0.3) is 0 Å². The average molecular weight is 196 g/mol. The molecule has 2 heteroatoms. The smallest absolute Gasteiger partial charge is 0.0870 e. The number of ether oxygens (including phenoxy) is 1. The molecule has 0 aliphatic carbocycles. The van der Waals surface area contributed by atoms with Crippen molar-refractivity contribution < 1.29 is 4.74 Å². The molecule has 1 aromatic rings. The molecule has 0 N–H and O–H groups in total. The normalized spacial score (nSPS) is 28.8. The quantitative estimate of drug-likeness (QED) is 0.674. The molecule has 2 heterocycles. The fraction of sp³-hybridized carbons (Fsp3) is 0.636. The number of epoxide rings is 1. The summed E-state index contributed by atoms with van der Waals surface area (Å²) in [6.07, 6.45) is 3.42. The van der Waals surface area contributed by atoms with Crippen molar-refractivity contribution in [2.24, 2.45) is 5.92 Å². The summed E-state index contributed by atoms with van der Waals surface area (Å²) in [5.74, 6) is 0.680. The predicted molar refractivity (Wildman–Crippen MR) is 56.1 cm³/mol. The molecule has 1 aliphatic heterocycles. The minimum Gasteiger partial charge on any atom is -0.369 e. The first-order valence-corrected chi connectivity index (χ1v) is 5.92. The Morgan fingerprint density at radius 1 is 1.62 bits per heavy atom. The first-order chi connectivity index (χ1) is 6.31. The van der Waals surface area contributed by atoms with E-state index in [9.17, 15) is 0 Å². The molecule has 72 valence electrons. The number of thiophene rings is 1. The predicted octanol–water partition coefficient (Wildman–Crippen LogP) is 3.10. The lowest BCUT2D eigenvalue weighted by Crippen LogP contribution is -2.09. The van der Waals surface area contributed by atoms with Crippen molar-refractivity contribution >= 4 is 11.3 Å². The van der Waals surface area contributed by atoms with E-state index in [0.717, 1.165) is 0 Å². The van der Waals surface area contributed by atoms with Crippen LogP contribution >= 0.6 is 11.3 Å². The molecule has 0 aromatic carbocycles. The van der Waals surface area contributed by atoms with Crippen molar-refractivity contribution in [3.8, 4) is 0 Å². The lowest BCUT2D eigenvalue weighted by atomic mass is 9.97. The molecule has 1 aliphatic rings. The third kappa shape index (κ3) is 2.12. The maximum absolute atomic E-state index is 5.58. The minimum absolute atomic E-state index is 0.532. The zero-order valence-corrected chi connectivity index (χ0v) is 9.01. The van der Waals surface area contributed by atoms with Crippen LogP contribution in [0.25, 0.3) is 0 Å². The van der Waals surface area contributed by atoms with Gasteiger partial charge in [-0.05, 0) is 41.1 Å². The molecule has 1 aromatic heterocycles. The van der Waals surface area contributed by atoms with Gasteiger partial charge in [0, 0.05) is 0 Å². The highest BCUT2D eigenvalue weighted by molar-refractivity contribution is 7.07. The van der Waals surface area contributed by atoms with E-state index in [1.807, 2.05) is 0 Å². The van der Waals surface area contributed by atoms with Gasteiger partial charge in [-0.1, -0.05) is 13.8 Å². The van der Waals surface area contributed by atoms with Gasteiger partial charge in [0.15, 0.2) is 0 Å². The molecule has 1 fully saturated rings. The fourth-order valence-corrected chi connectivity index (χ4v) is 2.56. The van der Waals surface area contributed by atoms with Gasteiger partial charge in [0.2, 0.25) is 0 Å². The van der Waals surface area contributed by atoms with Gasteiger partial charge in [-0.15, -0.1) is 0 Å². The van der Waals surface area contributed by atoms with Crippen LogP contribution in [0.4, 0.5) is 0 Å². The van der Waals surface area contributed by atoms with Crippen LogP contribution in [-0.2, 0) is 11.2 Å². The van der Waals surface area contributed by atoms with Crippen LogP contribution in [0.15, 0.2) is 16.8 Å². The Kier molecular flexibility index (Phi) is 2.70. The van der Waals surface area contributed by atoms with E-state index in [0.29, 0.717) is 18.1 Å². The van der Waals surface area contributed by atoms with Gasteiger partial charge >= 0.3 is 0 Å². The summed E-state index contributed by atoms with van der Waals surface area (Å²) in [5, 5.41) is 4.38. The Morgan fingerprint density at radius 3 is 3.00 bits per heavy atom. The summed E-state index contributed by atoms with van der Waals surface area (Å²) in [7, 11) is 0. The van der Waals surface area contributed by atoms with Crippen LogP contribution < -0.4 is 0 Å². The lowest BCUT2D eigenvalue weighted by molar-refractivity contribution is 0.322. The SMILES string of the molecule is CCC1OC1C(C)Cc1ccsc1. The summed E-state index contributed by atoms with van der Waals surface area (Å²) >= 11 is 1.78. The van der Waals surface area contributed by atoms with E-state index in [4.69, 9.17) is 4.74 Å². The summed E-state index contributed by atoms with van der Waals surface area (Å²) in [5.41, 5.74) is 1.46. The summed E-state index contributed by atoms with van der Waals surface area (Å²) in [4.78, 5) is 0. The van der Waals surface area contributed by atoms with Crippen molar-refractivity contribution in [1.29, 1.82) is 0 Å². The first kappa shape index (κ1) is 9.22. The number of hydrogen-bond donors (Lipinski definition) is 0. The van der Waals surface area contributed by atoms with Gasteiger partial charge in [0.1, 0.15) is 0 Å². The van der Waals surface area contributed by atoms with Crippen LogP contribution in [0.1, 0.15) is 25.8 Å². The van der Waals surface area contributed by atoms with Crippen LogP contribution in [0.2, 0.25) is 0 Å². The first-order valence-electron chi connectivity index (χ1n) is 4.97. The van der Waals surface area contributed by atoms with Crippen LogP contribution in [-0.4, -0.2) is 12.2 Å². The van der Waals surface area contributed by atoms with Crippen molar-refractivity contribution in [2.45, 2.75) is 38.9 Å². The van der Waals surface area contributed by atoms with Crippen LogP contribution in [0.3, 0.4) is 0 Å². The third-order valence-electron chi connectivity index (χ3n) is 2.72. The Hall–Kier alpha value is -0.340. The zero-order valence-electron chi connectivity index (χ0n) is 8.19. The molecular formula is C11H16OS. The van der Waals surface area contributed by atoms with Gasteiger partial charge in [-0.25, -0.2) is 0 Å². The molecule has 0 spiro atoms. The highest BCUT2D eigenvalue weighted by atomic mass is 32.1. The Balaban J connectivity index is 1.83. The van der Waals surface area contributed by atoms with Crippen molar-refractivity contribution in [3.05, 3.63) is 22.4 Å². The topological polar surface area (TPSA) is 12.5 Å². The van der Waals surface area contributed by atoms with Gasteiger partial charge in [-0.3, -0.25) is 0 Å². The van der Waals surface area contributed by atoms with E-state index in [1.54, 1.807) is 11.3 Å². The Bertz CT molecular complexity index is 255. The van der Waals surface area contributed by atoms with Gasteiger partial charge in [-0.2, -0.15) is 11.3 Å². The molecule has 0 amide bonds. The van der Waals surface area contributed by atoms with Crippen LogP contribution in [0, 0.1) is 5.92 Å². The van der Waals surface area contributed by atoms with Crippen LogP contribution in [0.5, 0.6) is 0 Å². The molecule has 1 nitrogen and oxygen atoms in total. The lowest BCUT2D eigenvalue weighted by Gasteiger charge is -2.05. The van der Waals surface area contributed by atoms with E-state index < -0.39 is 0 Å². The molecule has 3 unspecified atom stereocenters. The molecule has 1 saturated heterocycles. The molecule has 2 rings (SSSR count). The second-order valence-corrected chi connectivity index (χ2v) is 4.64. The second-order valence-electron chi connectivity index (χ2n) is 3.86. The molecule has 13 heavy (non-hydrogen) atoms. The maximum atomic E-state index is 5.58.